The van der Waals surface area contributed by atoms with Crippen molar-refractivity contribution in [2.45, 2.75) is 32.2 Å². The molecular weight excluding hydrogens is 280 g/mol. The Bertz CT molecular complexity index is 528. The quantitative estimate of drug-likeness (QED) is 0.929. The molecule has 1 aliphatic heterocycles. The Morgan fingerprint density at radius 1 is 1.38 bits per heavy atom. The molecule has 1 N–H and O–H groups in total. The highest BCUT2D eigenvalue weighted by Gasteiger charge is 2.39. The minimum absolute atomic E-state index is 0.0991. The van der Waals surface area contributed by atoms with Crippen molar-refractivity contribution in [1.82, 2.24) is 4.90 Å². The normalized spacial score (nSPS) is 22.7. The number of halogens is 2. The monoisotopic (exact) mass is 297 g/mol. The number of amides is 1. The standard InChI is InChI=1S/C15H17F2NO3/c1-2-18-12(19)8-7-11(15(20)21)13(18)9-3-5-10(6-4-9)14(16)17/h3-6,11,13-14H,2,7-8H2,1H3,(H,20,21). The predicted molar refractivity (Wildman–Crippen MR) is 71.9 cm³/mol. The summed E-state index contributed by atoms with van der Waals surface area (Å²) in [4.78, 5) is 24.9. The van der Waals surface area contributed by atoms with Crippen molar-refractivity contribution in [3.05, 3.63) is 35.4 Å². The Kier molecular flexibility index (Phi) is 4.55. The number of hydrogen-bond acceptors (Lipinski definition) is 2. The Morgan fingerprint density at radius 2 is 2.00 bits per heavy atom. The summed E-state index contributed by atoms with van der Waals surface area (Å²) in [5, 5.41) is 9.35. The van der Waals surface area contributed by atoms with Gasteiger partial charge in [-0.05, 0) is 18.9 Å². The van der Waals surface area contributed by atoms with Crippen LogP contribution in [0.15, 0.2) is 24.3 Å². The highest BCUT2D eigenvalue weighted by atomic mass is 19.3. The lowest BCUT2D eigenvalue weighted by Crippen LogP contribution is -2.45. The van der Waals surface area contributed by atoms with Crippen LogP contribution in [0.4, 0.5) is 8.78 Å². The second-order valence-electron chi connectivity index (χ2n) is 5.08. The number of benzene rings is 1. The number of nitrogens with zero attached hydrogens (tertiary/aromatic N) is 1. The summed E-state index contributed by atoms with van der Waals surface area (Å²) < 4.78 is 25.2. The van der Waals surface area contributed by atoms with Gasteiger partial charge in [0.05, 0.1) is 12.0 Å². The molecule has 0 spiro atoms. The molecule has 0 saturated carbocycles. The number of alkyl halides is 2. The SMILES string of the molecule is CCN1C(=O)CCC(C(=O)O)C1c1ccc(C(F)F)cc1. The van der Waals surface area contributed by atoms with E-state index in [0.29, 0.717) is 12.1 Å². The lowest BCUT2D eigenvalue weighted by atomic mass is 9.84. The highest BCUT2D eigenvalue weighted by Crippen LogP contribution is 2.37. The molecule has 1 amide bonds. The fourth-order valence-corrected chi connectivity index (χ4v) is 2.84. The number of carbonyl (C=O) groups is 2. The first kappa shape index (κ1) is 15.4. The summed E-state index contributed by atoms with van der Waals surface area (Å²) in [6, 6.07) is 4.95. The minimum atomic E-state index is -2.57. The molecule has 0 bridgehead atoms. The minimum Gasteiger partial charge on any atom is -0.481 e. The zero-order valence-corrected chi connectivity index (χ0v) is 11.6. The lowest BCUT2D eigenvalue weighted by molar-refractivity contribution is -0.151. The molecule has 4 nitrogen and oxygen atoms in total. The van der Waals surface area contributed by atoms with Crippen LogP contribution in [-0.4, -0.2) is 28.4 Å². The van der Waals surface area contributed by atoms with Crippen molar-refractivity contribution in [2.75, 3.05) is 6.54 Å². The van der Waals surface area contributed by atoms with Gasteiger partial charge >= 0.3 is 5.97 Å². The summed E-state index contributed by atoms with van der Waals surface area (Å²) in [7, 11) is 0. The zero-order valence-electron chi connectivity index (χ0n) is 11.6. The van der Waals surface area contributed by atoms with E-state index in [0.717, 1.165) is 0 Å². The predicted octanol–water partition coefficient (Wildman–Crippen LogP) is 3.01. The molecule has 0 aliphatic carbocycles. The number of carboxylic acid groups (broad SMARTS) is 1. The van der Waals surface area contributed by atoms with Crippen LogP contribution in [0.3, 0.4) is 0 Å². The van der Waals surface area contributed by atoms with Gasteiger partial charge in [-0.2, -0.15) is 0 Å². The first-order valence-electron chi connectivity index (χ1n) is 6.86. The number of hydrogen-bond donors (Lipinski definition) is 1. The number of carbonyl (C=O) groups excluding carboxylic acids is 1. The molecule has 6 heteroatoms. The van der Waals surface area contributed by atoms with Crippen LogP contribution >= 0.6 is 0 Å². The van der Waals surface area contributed by atoms with Crippen molar-refractivity contribution < 1.29 is 23.5 Å². The number of carboxylic acids is 1. The summed E-state index contributed by atoms with van der Waals surface area (Å²) >= 11 is 0. The summed E-state index contributed by atoms with van der Waals surface area (Å²) in [6.45, 7) is 2.17. The average molecular weight is 297 g/mol. The molecule has 1 fully saturated rings. The van der Waals surface area contributed by atoms with Gasteiger partial charge in [0.1, 0.15) is 0 Å². The first-order chi connectivity index (χ1) is 9.95. The summed E-state index contributed by atoms with van der Waals surface area (Å²) in [6.07, 6.45) is -2.09. The van der Waals surface area contributed by atoms with Crippen LogP contribution in [0.1, 0.15) is 43.4 Å². The van der Waals surface area contributed by atoms with E-state index in [4.69, 9.17) is 0 Å². The maximum absolute atomic E-state index is 12.6. The van der Waals surface area contributed by atoms with E-state index < -0.39 is 24.4 Å². The van der Waals surface area contributed by atoms with Crippen molar-refractivity contribution in [2.24, 2.45) is 5.92 Å². The van der Waals surface area contributed by atoms with Crippen LogP contribution in [-0.2, 0) is 9.59 Å². The van der Waals surface area contributed by atoms with Crippen molar-refractivity contribution in [1.29, 1.82) is 0 Å². The Balaban J connectivity index is 2.38. The van der Waals surface area contributed by atoms with Crippen molar-refractivity contribution in [3.63, 3.8) is 0 Å². The van der Waals surface area contributed by atoms with Gasteiger partial charge in [-0.25, -0.2) is 8.78 Å². The lowest BCUT2D eigenvalue weighted by Gasteiger charge is -2.39. The maximum atomic E-state index is 12.6. The molecule has 2 atom stereocenters. The number of piperidine rings is 1. The Morgan fingerprint density at radius 3 is 2.48 bits per heavy atom. The van der Waals surface area contributed by atoms with Gasteiger partial charge in [0.2, 0.25) is 5.91 Å². The molecule has 1 aromatic carbocycles. The molecule has 0 radical (unpaired) electrons. The molecule has 2 unspecified atom stereocenters. The second-order valence-corrected chi connectivity index (χ2v) is 5.08. The van der Waals surface area contributed by atoms with Gasteiger partial charge in [0.25, 0.3) is 6.43 Å². The largest absolute Gasteiger partial charge is 0.481 e. The molecule has 1 aromatic rings. The third kappa shape index (κ3) is 3.04. The summed E-state index contributed by atoms with van der Waals surface area (Å²) in [5.74, 6) is -1.78. The molecule has 1 heterocycles. The van der Waals surface area contributed by atoms with Gasteiger partial charge in [-0.1, -0.05) is 24.3 Å². The van der Waals surface area contributed by atoms with E-state index in [2.05, 4.69) is 0 Å². The Labute approximate surface area is 121 Å². The number of rotatable bonds is 4. The van der Waals surface area contributed by atoms with Crippen molar-refractivity contribution >= 4 is 11.9 Å². The summed E-state index contributed by atoms with van der Waals surface area (Å²) in [5.41, 5.74) is 0.470. The van der Waals surface area contributed by atoms with E-state index in [1.807, 2.05) is 0 Å². The van der Waals surface area contributed by atoms with Crippen LogP contribution in [0.5, 0.6) is 0 Å². The van der Waals surface area contributed by atoms with E-state index in [-0.39, 0.29) is 24.3 Å². The van der Waals surface area contributed by atoms with E-state index in [1.54, 1.807) is 6.92 Å². The Hall–Kier alpha value is -1.98. The molecule has 2 rings (SSSR count). The van der Waals surface area contributed by atoms with Crippen LogP contribution in [0, 0.1) is 5.92 Å². The molecule has 21 heavy (non-hydrogen) atoms. The smallest absolute Gasteiger partial charge is 0.308 e. The molecule has 1 saturated heterocycles. The van der Waals surface area contributed by atoms with E-state index >= 15 is 0 Å². The van der Waals surface area contributed by atoms with Gasteiger partial charge < -0.3 is 10.0 Å². The van der Waals surface area contributed by atoms with E-state index in [1.165, 1.54) is 29.2 Å². The maximum Gasteiger partial charge on any atom is 0.308 e. The fourth-order valence-electron chi connectivity index (χ4n) is 2.84. The van der Waals surface area contributed by atoms with Gasteiger partial charge in [0, 0.05) is 18.5 Å². The van der Waals surface area contributed by atoms with Crippen LogP contribution in [0.2, 0.25) is 0 Å². The number of likely N-dealkylation sites (tertiary alicyclic amines) is 1. The van der Waals surface area contributed by atoms with Gasteiger partial charge in [0.15, 0.2) is 0 Å². The van der Waals surface area contributed by atoms with Gasteiger partial charge in [-0.3, -0.25) is 9.59 Å². The topological polar surface area (TPSA) is 57.6 Å². The molecule has 114 valence electrons. The zero-order chi connectivity index (χ0) is 15.6. The first-order valence-corrected chi connectivity index (χ1v) is 6.86. The molecular formula is C15H17F2NO3. The fraction of sp³-hybridized carbons (Fsp3) is 0.467. The average Bonchev–Trinajstić information content (AvgIpc) is 2.46. The van der Waals surface area contributed by atoms with Crippen LogP contribution in [0.25, 0.3) is 0 Å². The molecule has 1 aliphatic rings. The van der Waals surface area contributed by atoms with Gasteiger partial charge in [-0.15, -0.1) is 0 Å². The third-order valence-corrected chi connectivity index (χ3v) is 3.89. The molecule has 0 aromatic heterocycles. The second kappa shape index (κ2) is 6.20. The third-order valence-electron chi connectivity index (χ3n) is 3.89. The van der Waals surface area contributed by atoms with E-state index in [9.17, 15) is 23.5 Å². The highest BCUT2D eigenvalue weighted by molar-refractivity contribution is 5.81. The van der Waals surface area contributed by atoms with Crippen LogP contribution < -0.4 is 0 Å². The van der Waals surface area contributed by atoms with Crippen molar-refractivity contribution in [3.8, 4) is 0 Å². The number of aliphatic carboxylic acids is 1.